The van der Waals surface area contributed by atoms with Crippen molar-refractivity contribution in [2.45, 2.75) is 13.0 Å². The molecule has 2 rings (SSSR count). The highest BCUT2D eigenvalue weighted by atomic mass is 35.5. The standard InChI is InChI=1S/C10H12ClN5O3/c11-9-7(5-14-16(3-4-17)10(9)18)12-2-1-8-13-6-19-15-8/h5-6,12,17H,1-4H2. The molecule has 102 valence electrons. The van der Waals surface area contributed by atoms with Crippen LogP contribution in [0.15, 0.2) is 21.9 Å². The van der Waals surface area contributed by atoms with E-state index < -0.39 is 5.56 Å². The Balaban J connectivity index is 2.01. The van der Waals surface area contributed by atoms with Crippen molar-refractivity contribution in [1.82, 2.24) is 19.9 Å². The molecule has 0 aliphatic carbocycles. The van der Waals surface area contributed by atoms with E-state index in [4.69, 9.17) is 16.7 Å². The summed E-state index contributed by atoms with van der Waals surface area (Å²) in [6.07, 6.45) is 3.22. The maximum atomic E-state index is 11.7. The quantitative estimate of drug-likeness (QED) is 0.765. The molecular formula is C10H12ClN5O3. The summed E-state index contributed by atoms with van der Waals surface area (Å²) in [5.74, 6) is 0.560. The van der Waals surface area contributed by atoms with Crippen molar-refractivity contribution in [3.8, 4) is 0 Å². The average Bonchev–Trinajstić information content (AvgIpc) is 2.91. The van der Waals surface area contributed by atoms with Crippen LogP contribution >= 0.6 is 11.6 Å². The number of hydrogen-bond acceptors (Lipinski definition) is 7. The lowest BCUT2D eigenvalue weighted by atomic mass is 10.3. The van der Waals surface area contributed by atoms with Gasteiger partial charge in [0.2, 0.25) is 6.39 Å². The summed E-state index contributed by atoms with van der Waals surface area (Å²) >= 11 is 5.93. The second-order valence-electron chi connectivity index (χ2n) is 3.65. The van der Waals surface area contributed by atoms with Crippen LogP contribution in [0, 0.1) is 0 Å². The molecule has 9 heteroatoms. The van der Waals surface area contributed by atoms with Crippen LogP contribution < -0.4 is 10.9 Å². The van der Waals surface area contributed by atoms with Crippen molar-refractivity contribution in [3.05, 3.63) is 33.8 Å². The summed E-state index contributed by atoms with van der Waals surface area (Å²) in [5.41, 5.74) is -0.00960. The second kappa shape index (κ2) is 6.30. The Morgan fingerprint density at radius 1 is 1.53 bits per heavy atom. The van der Waals surface area contributed by atoms with E-state index in [1.807, 2.05) is 0 Å². The van der Waals surface area contributed by atoms with E-state index in [2.05, 4.69) is 25.1 Å². The summed E-state index contributed by atoms with van der Waals surface area (Å²) in [5, 5.41) is 19.3. The zero-order valence-electron chi connectivity index (χ0n) is 9.91. The van der Waals surface area contributed by atoms with E-state index in [0.717, 1.165) is 4.68 Å². The fourth-order valence-corrected chi connectivity index (χ4v) is 1.67. The zero-order valence-corrected chi connectivity index (χ0v) is 10.7. The van der Waals surface area contributed by atoms with Crippen LogP contribution in [0.2, 0.25) is 5.02 Å². The smallest absolute Gasteiger partial charge is 0.287 e. The molecule has 0 spiro atoms. The van der Waals surface area contributed by atoms with Crippen LogP contribution in [0.5, 0.6) is 0 Å². The van der Waals surface area contributed by atoms with Gasteiger partial charge in [0.1, 0.15) is 5.02 Å². The molecule has 0 aliphatic heterocycles. The van der Waals surface area contributed by atoms with E-state index in [1.54, 1.807) is 0 Å². The molecule has 0 aliphatic rings. The maximum Gasteiger partial charge on any atom is 0.287 e. The number of aliphatic hydroxyl groups excluding tert-OH is 1. The summed E-state index contributed by atoms with van der Waals surface area (Å²) in [7, 11) is 0. The molecule has 0 unspecified atom stereocenters. The van der Waals surface area contributed by atoms with Gasteiger partial charge < -0.3 is 14.9 Å². The number of nitrogens with zero attached hydrogens (tertiary/aromatic N) is 4. The number of aromatic nitrogens is 4. The van der Waals surface area contributed by atoms with Gasteiger partial charge in [-0.2, -0.15) is 10.1 Å². The molecular weight excluding hydrogens is 274 g/mol. The van der Waals surface area contributed by atoms with E-state index in [-0.39, 0.29) is 18.2 Å². The van der Waals surface area contributed by atoms with Crippen LogP contribution in [-0.4, -0.2) is 38.2 Å². The van der Waals surface area contributed by atoms with Crippen LogP contribution in [0.4, 0.5) is 5.69 Å². The van der Waals surface area contributed by atoms with Crippen molar-refractivity contribution < 1.29 is 9.63 Å². The monoisotopic (exact) mass is 285 g/mol. The van der Waals surface area contributed by atoms with Crippen LogP contribution in [0.1, 0.15) is 5.82 Å². The second-order valence-corrected chi connectivity index (χ2v) is 4.03. The third kappa shape index (κ3) is 3.30. The molecule has 2 aromatic rings. The van der Waals surface area contributed by atoms with Crippen molar-refractivity contribution in [3.63, 3.8) is 0 Å². The van der Waals surface area contributed by atoms with Gasteiger partial charge in [-0.15, -0.1) is 0 Å². The number of anilines is 1. The summed E-state index contributed by atoms with van der Waals surface area (Å²) in [6.45, 7) is 0.430. The average molecular weight is 286 g/mol. The topological polar surface area (TPSA) is 106 Å². The highest BCUT2D eigenvalue weighted by Crippen LogP contribution is 2.14. The van der Waals surface area contributed by atoms with Gasteiger partial charge in [0.25, 0.3) is 5.56 Å². The largest absolute Gasteiger partial charge is 0.394 e. The van der Waals surface area contributed by atoms with Gasteiger partial charge in [-0.05, 0) is 0 Å². The highest BCUT2D eigenvalue weighted by Gasteiger charge is 2.08. The number of halogens is 1. The zero-order chi connectivity index (χ0) is 13.7. The Bertz CT molecular complexity index is 583. The Hall–Kier alpha value is -1.93. The van der Waals surface area contributed by atoms with Gasteiger partial charge >= 0.3 is 0 Å². The fraction of sp³-hybridized carbons (Fsp3) is 0.400. The third-order valence-electron chi connectivity index (χ3n) is 2.37. The molecule has 2 heterocycles. The van der Waals surface area contributed by atoms with Crippen molar-refractivity contribution in [2.24, 2.45) is 0 Å². The lowest BCUT2D eigenvalue weighted by Gasteiger charge is -2.08. The Labute approximate surface area is 113 Å². The van der Waals surface area contributed by atoms with Crippen LogP contribution in [0.25, 0.3) is 0 Å². The molecule has 0 saturated carbocycles. The summed E-state index contributed by atoms with van der Waals surface area (Å²) in [6, 6.07) is 0. The number of rotatable bonds is 6. The molecule has 0 saturated heterocycles. The minimum absolute atomic E-state index is 0.0385. The Morgan fingerprint density at radius 2 is 2.37 bits per heavy atom. The molecule has 0 atom stereocenters. The molecule has 0 aromatic carbocycles. The molecule has 0 fully saturated rings. The van der Waals surface area contributed by atoms with Gasteiger partial charge in [-0.25, -0.2) is 4.68 Å². The molecule has 0 radical (unpaired) electrons. The predicted octanol–water partition coefficient (Wildman–Crippen LogP) is -0.0734. The molecule has 0 amide bonds. The minimum Gasteiger partial charge on any atom is -0.394 e. The van der Waals surface area contributed by atoms with Gasteiger partial charge in [0.05, 0.1) is 25.0 Å². The molecule has 19 heavy (non-hydrogen) atoms. The third-order valence-corrected chi connectivity index (χ3v) is 2.73. The van der Waals surface area contributed by atoms with Crippen molar-refractivity contribution in [2.75, 3.05) is 18.5 Å². The van der Waals surface area contributed by atoms with Gasteiger partial charge in [0, 0.05) is 13.0 Å². The first-order chi connectivity index (χ1) is 9.22. The van der Waals surface area contributed by atoms with Crippen LogP contribution in [-0.2, 0) is 13.0 Å². The van der Waals surface area contributed by atoms with Gasteiger partial charge in [0.15, 0.2) is 5.82 Å². The van der Waals surface area contributed by atoms with Crippen molar-refractivity contribution >= 4 is 17.3 Å². The van der Waals surface area contributed by atoms with E-state index in [9.17, 15) is 4.79 Å². The fourth-order valence-electron chi connectivity index (χ4n) is 1.45. The van der Waals surface area contributed by atoms with E-state index in [1.165, 1.54) is 12.6 Å². The highest BCUT2D eigenvalue weighted by molar-refractivity contribution is 6.32. The normalized spacial score (nSPS) is 10.6. The van der Waals surface area contributed by atoms with Gasteiger partial charge in [-0.1, -0.05) is 16.8 Å². The summed E-state index contributed by atoms with van der Waals surface area (Å²) in [4.78, 5) is 15.6. The maximum absolute atomic E-state index is 11.7. The van der Waals surface area contributed by atoms with E-state index >= 15 is 0 Å². The SMILES string of the molecule is O=c1c(Cl)c(NCCc2ncon2)cnn1CCO. The molecule has 2 aromatic heterocycles. The Kier molecular flexibility index (Phi) is 4.48. The van der Waals surface area contributed by atoms with Gasteiger partial charge in [-0.3, -0.25) is 4.79 Å². The Morgan fingerprint density at radius 3 is 3.05 bits per heavy atom. The molecule has 8 nitrogen and oxygen atoms in total. The minimum atomic E-state index is -0.444. The predicted molar refractivity (Wildman–Crippen MR) is 67.1 cm³/mol. The lowest BCUT2D eigenvalue weighted by Crippen LogP contribution is -2.25. The van der Waals surface area contributed by atoms with Crippen LogP contribution in [0.3, 0.4) is 0 Å². The first-order valence-corrected chi connectivity index (χ1v) is 5.95. The number of aliphatic hydroxyl groups is 1. The number of nitrogens with one attached hydrogen (secondary N) is 1. The first kappa shape index (κ1) is 13.5. The molecule has 0 bridgehead atoms. The number of hydrogen-bond donors (Lipinski definition) is 2. The van der Waals surface area contributed by atoms with Crippen molar-refractivity contribution in [1.29, 1.82) is 0 Å². The summed E-state index contributed by atoms with van der Waals surface area (Å²) < 4.78 is 5.70. The lowest BCUT2D eigenvalue weighted by molar-refractivity contribution is 0.266. The van der Waals surface area contributed by atoms with E-state index in [0.29, 0.717) is 24.5 Å². The first-order valence-electron chi connectivity index (χ1n) is 5.58. The molecule has 2 N–H and O–H groups in total.